The lowest BCUT2D eigenvalue weighted by Gasteiger charge is -2.25. The Morgan fingerprint density at radius 1 is 1.12 bits per heavy atom. The minimum absolute atomic E-state index is 0.0526. The van der Waals surface area contributed by atoms with Crippen molar-refractivity contribution in [3.05, 3.63) is 101 Å². The van der Waals surface area contributed by atoms with Gasteiger partial charge in [0, 0.05) is 24.5 Å². The second-order valence-electron chi connectivity index (χ2n) is 7.72. The first-order chi connectivity index (χ1) is 16.0. The van der Waals surface area contributed by atoms with Crippen molar-refractivity contribution in [3.8, 4) is 5.75 Å². The summed E-state index contributed by atoms with van der Waals surface area (Å²) in [6.45, 7) is 2.65. The number of rotatable bonds is 7. The molecule has 3 aromatic rings. The van der Waals surface area contributed by atoms with Crippen molar-refractivity contribution >= 4 is 17.4 Å². The maximum atomic E-state index is 13.4. The van der Waals surface area contributed by atoms with E-state index < -0.39 is 23.5 Å². The Balaban J connectivity index is 1.84. The SMILES string of the molecule is CCCOc1cccc([C@@H]2/C(=C(\O)c3ccc(F)cc3)C(=O)C(=O)N2Cc2cccnc2)c1. The molecule has 1 aliphatic heterocycles. The second-order valence-corrected chi connectivity index (χ2v) is 7.72. The van der Waals surface area contributed by atoms with Crippen LogP contribution in [0.15, 0.2) is 78.6 Å². The van der Waals surface area contributed by atoms with Gasteiger partial charge < -0.3 is 14.7 Å². The van der Waals surface area contributed by atoms with Gasteiger partial charge in [0.25, 0.3) is 11.7 Å². The van der Waals surface area contributed by atoms with E-state index in [9.17, 15) is 19.1 Å². The number of benzene rings is 2. The van der Waals surface area contributed by atoms with Gasteiger partial charge in [0.2, 0.25) is 0 Å². The third-order valence-corrected chi connectivity index (χ3v) is 5.38. The van der Waals surface area contributed by atoms with E-state index in [2.05, 4.69) is 4.98 Å². The zero-order valence-electron chi connectivity index (χ0n) is 18.1. The van der Waals surface area contributed by atoms with Crippen LogP contribution in [0.2, 0.25) is 0 Å². The summed E-state index contributed by atoms with van der Waals surface area (Å²) in [6.07, 6.45) is 4.07. The minimum atomic E-state index is -0.847. The topological polar surface area (TPSA) is 79.7 Å². The lowest BCUT2D eigenvalue weighted by molar-refractivity contribution is -0.140. The average Bonchev–Trinajstić information content (AvgIpc) is 3.08. The van der Waals surface area contributed by atoms with Gasteiger partial charge in [0.1, 0.15) is 17.3 Å². The summed E-state index contributed by atoms with van der Waals surface area (Å²) in [6, 6.07) is 15.0. The maximum absolute atomic E-state index is 13.4. The molecule has 33 heavy (non-hydrogen) atoms. The molecule has 1 N–H and O–H groups in total. The Labute approximate surface area is 191 Å². The summed E-state index contributed by atoms with van der Waals surface area (Å²) >= 11 is 0. The maximum Gasteiger partial charge on any atom is 0.295 e. The van der Waals surface area contributed by atoms with Crippen molar-refractivity contribution in [1.29, 1.82) is 0 Å². The smallest absolute Gasteiger partial charge is 0.295 e. The fourth-order valence-electron chi connectivity index (χ4n) is 3.84. The van der Waals surface area contributed by atoms with Crippen molar-refractivity contribution in [2.45, 2.75) is 25.9 Å². The number of likely N-dealkylation sites (tertiary alicyclic amines) is 1. The molecule has 0 aliphatic carbocycles. The standard InChI is InChI=1S/C26H23FN2O4/c1-2-13-33-21-7-3-6-19(14-21)23-22(24(30)18-8-10-20(27)11-9-18)25(31)26(32)29(23)16-17-5-4-12-28-15-17/h3-12,14-15,23,30H,2,13,16H2,1H3/b24-22+/t23-/m1/s1. The number of carbonyl (C=O) groups excluding carboxylic acids is 2. The van der Waals surface area contributed by atoms with E-state index >= 15 is 0 Å². The number of nitrogens with zero attached hydrogens (tertiary/aromatic N) is 2. The summed E-state index contributed by atoms with van der Waals surface area (Å²) in [5.41, 5.74) is 1.56. The van der Waals surface area contributed by atoms with Gasteiger partial charge in [-0.1, -0.05) is 25.1 Å². The lowest BCUT2D eigenvalue weighted by atomic mass is 9.95. The monoisotopic (exact) mass is 446 g/mol. The number of amides is 1. The van der Waals surface area contributed by atoms with Crippen LogP contribution in [0, 0.1) is 5.82 Å². The molecule has 6 nitrogen and oxygen atoms in total. The molecule has 0 saturated carbocycles. The van der Waals surface area contributed by atoms with Crippen LogP contribution in [0.3, 0.4) is 0 Å². The third-order valence-electron chi connectivity index (χ3n) is 5.38. The van der Waals surface area contributed by atoms with Crippen LogP contribution < -0.4 is 4.74 Å². The van der Waals surface area contributed by atoms with E-state index in [1.54, 1.807) is 42.7 Å². The quantitative estimate of drug-likeness (QED) is 0.325. The Kier molecular flexibility index (Phi) is 6.49. The van der Waals surface area contributed by atoms with Gasteiger partial charge in [-0.25, -0.2) is 4.39 Å². The van der Waals surface area contributed by atoms with Crippen LogP contribution in [0.5, 0.6) is 5.75 Å². The highest BCUT2D eigenvalue weighted by molar-refractivity contribution is 6.46. The van der Waals surface area contributed by atoms with E-state index in [0.29, 0.717) is 17.9 Å². The molecule has 7 heteroatoms. The number of ketones is 1. The van der Waals surface area contributed by atoms with E-state index in [0.717, 1.165) is 12.0 Å². The molecule has 4 rings (SSSR count). The first-order valence-electron chi connectivity index (χ1n) is 10.7. The molecule has 1 atom stereocenters. The molecule has 1 amide bonds. The molecule has 0 unspecified atom stereocenters. The molecule has 0 spiro atoms. The molecular formula is C26H23FN2O4. The number of Topliss-reactive ketones (excluding diaryl/α,β-unsaturated/α-hetero) is 1. The zero-order valence-corrected chi connectivity index (χ0v) is 18.1. The second kappa shape index (κ2) is 9.65. The number of hydrogen-bond donors (Lipinski definition) is 1. The number of halogens is 1. The molecule has 1 saturated heterocycles. The number of aromatic nitrogens is 1. The summed E-state index contributed by atoms with van der Waals surface area (Å²) in [5, 5.41) is 11.0. The average molecular weight is 446 g/mol. The number of carbonyl (C=O) groups is 2. The normalized spacial score (nSPS) is 17.4. The molecule has 0 radical (unpaired) electrons. The molecule has 168 valence electrons. The van der Waals surface area contributed by atoms with Gasteiger partial charge in [-0.05, 0) is 60.0 Å². The number of aliphatic hydroxyl groups is 1. The first-order valence-corrected chi connectivity index (χ1v) is 10.7. The number of pyridine rings is 1. The van der Waals surface area contributed by atoms with Gasteiger partial charge in [-0.3, -0.25) is 14.6 Å². The van der Waals surface area contributed by atoms with Crippen molar-refractivity contribution < 1.29 is 23.8 Å². The Bertz CT molecular complexity index is 1190. The highest BCUT2D eigenvalue weighted by atomic mass is 19.1. The molecule has 2 aromatic carbocycles. The number of aliphatic hydroxyl groups excluding tert-OH is 1. The predicted octanol–water partition coefficient (Wildman–Crippen LogP) is 4.63. The Morgan fingerprint density at radius 3 is 2.61 bits per heavy atom. The van der Waals surface area contributed by atoms with Crippen molar-refractivity contribution in [1.82, 2.24) is 9.88 Å². The Morgan fingerprint density at radius 2 is 1.91 bits per heavy atom. The molecule has 1 aromatic heterocycles. The van der Waals surface area contributed by atoms with Gasteiger partial charge in [0.15, 0.2) is 0 Å². The molecule has 2 heterocycles. The molecular weight excluding hydrogens is 423 g/mol. The van der Waals surface area contributed by atoms with Crippen LogP contribution in [0.25, 0.3) is 5.76 Å². The van der Waals surface area contributed by atoms with E-state index in [1.807, 2.05) is 13.0 Å². The van der Waals surface area contributed by atoms with Gasteiger partial charge in [0.05, 0.1) is 18.2 Å². The predicted molar refractivity (Wildman–Crippen MR) is 121 cm³/mol. The van der Waals surface area contributed by atoms with Gasteiger partial charge >= 0.3 is 0 Å². The number of ether oxygens (including phenoxy) is 1. The molecule has 0 bridgehead atoms. The Hall–Kier alpha value is -4.00. The van der Waals surface area contributed by atoms with E-state index in [4.69, 9.17) is 4.74 Å². The van der Waals surface area contributed by atoms with Crippen molar-refractivity contribution in [2.24, 2.45) is 0 Å². The number of hydrogen-bond acceptors (Lipinski definition) is 5. The summed E-state index contributed by atoms with van der Waals surface area (Å²) < 4.78 is 19.1. The fraction of sp³-hybridized carbons (Fsp3) is 0.192. The van der Waals surface area contributed by atoms with E-state index in [-0.39, 0.29) is 23.4 Å². The van der Waals surface area contributed by atoms with Gasteiger partial charge in [-0.2, -0.15) is 0 Å². The zero-order chi connectivity index (χ0) is 23.4. The van der Waals surface area contributed by atoms with E-state index in [1.165, 1.54) is 29.2 Å². The highest BCUT2D eigenvalue weighted by Crippen LogP contribution is 2.41. The largest absolute Gasteiger partial charge is 0.507 e. The lowest BCUT2D eigenvalue weighted by Crippen LogP contribution is -2.29. The van der Waals surface area contributed by atoms with Gasteiger partial charge in [-0.15, -0.1) is 0 Å². The molecule has 1 fully saturated rings. The van der Waals surface area contributed by atoms with Crippen molar-refractivity contribution in [2.75, 3.05) is 6.61 Å². The summed E-state index contributed by atoms with van der Waals surface area (Å²) in [4.78, 5) is 31.7. The van der Waals surface area contributed by atoms with Crippen LogP contribution >= 0.6 is 0 Å². The summed E-state index contributed by atoms with van der Waals surface area (Å²) in [5.74, 6) is -1.76. The third kappa shape index (κ3) is 4.62. The minimum Gasteiger partial charge on any atom is -0.507 e. The fourth-order valence-corrected chi connectivity index (χ4v) is 3.84. The first kappa shape index (κ1) is 22.2. The van der Waals surface area contributed by atoms with Crippen LogP contribution in [-0.4, -0.2) is 33.3 Å². The van der Waals surface area contributed by atoms with Crippen molar-refractivity contribution in [3.63, 3.8) is 0 Å². The van der Waals surface area contributed by atoms with Crippen LogP contribution in [0.4, 0.5) is 4.39 Å². The van der Waals surface area contributed by atoms with Crippen LogP contribution in [-0.2, 0) is 16.1 Å². The molecule has 1 aliphatic rings. The van der Waals surface area contributed by atoms with Crippen LogP contribution in [0.1, 0.15) is 36.1 Å². The highest BCUT2D eigenvalue weighted by Gasteiger charge is 2.46. The summed E-state index contributed by atoms with van der Waals surface area (Å²) in [7, 11) is 0.